The zero-order chi connectivity index (χ0) is 15.8. The molecule has 1 amide bonds. The third kappa shape index (κ3) is 4.69. The van der Waals surface area contributed by atoms with Gasteiger partial charge in [-0.05, 0) is 30.0 Å². The van der Waals surface area contributed by atoms with E-state index in [0.717, 1.165) is 19.5 Å². The zero-order valence-corrected chi connectivity index (χ0v) is 13.4. The number of anilines is 1. The van der Waals surface area contributed by atoms with Gasteiger partial charge < -0.3 is 5.32 Å². The number of rotatable bonds is 7. The highest BCUT2D eigenvalue weighted by atomic mass is 32.1. The molecule has 2 rings (SSSR count). The Hall–Kier alpha value is -2.16. The summed E-state index contributed by atoms with van der Waals surface area (Å²) < 4.78 is 0. The lowest BCUT2D eigenvalue weighted by Gasteiger charge is -2.21. The molecule has 1 heterocycles. The topological polar surface area (TPSA) is 56.1 Å². The molecule has 0 aliphatic rings. The summed E-state index contributed by atoms with van der Waals surface area (Å²) in [6, 6.07) is 13.9. The van der Waals surface area contributed by atoms with Crippen molar-refractivity contribution in [3.8, 4) is 6.07 Å². The van der Waals surface area contributed by atoms with Crippen LogP contribution in [0.4, 0.5) is 5.00 Å². The van der Waals surface area contributed by atoms with E-state index in [-0.39, 0.29) is 5.91 Å². The highest BCUT2D eigenvalue weighted by Gasteiger charge is 2.13. The van der Waals surface area contributed by atoms with Crippen LogP contribution >= 0.6 is 11.3 Å². The lowest BCUT2D eigenvalue weighted by Crippen LogP contribution is -2.33. The number of thiophene rings is 1. The molecule has 22 heavy (non-hydrogen) atoms. The van der Waals surface area contributed by atoms with Crippen molar-refractivity contribution < 1.29 is 4.79 Å². The molecular formula is C17H19N3OS. The molecule has 1 N–H and O–H groups in total. The molecule has 4 nitrogen and oxygen atoms in total. The predicted molar refractivity (Wildman–Crippen MR) is 89.7 cm³/mol. The molecule has 0 aliphatic heterocycles. The average molecular weight is 313 g/mol. The molecule has 0 bridgehead atoms. The summed E-state index contributed by atoms with van der Waals surface area (Å²) in [4.78, 5) is 14.3. The maximum absolute atomic E-state index is 12.2. The van der Waals surface area contributed by atoms with Gasteiger partial charge in [0.25, 0.3) is 0 Å². The molecule has 1 aromatic carbocycles. The predicted octanol–water partition coefficient (Wildman–Crippen LogP) is 3.47. The molecule has 0 unspecified atom stereocenters. The number of benzene rings is 1. The van der Waals surface area contributed by atoms with Gasteiger partial charge in [0, 0.05) is 6.54 Å². The van der Waals surface area contributed by atoms with E-state index in [4.69, 9.17) is 5.26 Å². The lowest BCUT2D eigenvalue weighted by molar-refractivity contribution is -0.117. The monoisotopic (exact) mass is 313 g/mol. The molecule has 0 spiro atoms. The summed E-state index contributed by atoms with van der Waals surface area (Å²) in [6.45, 7) is 4.03. The van der Waals surface area contributed by atoms with E-state index in [1.54, 1.807) is 6.07 Å². The van der Waals surface area contributed by atoms with E-state index >= 15 is 0 Å². The first-order valence-corrected chi connectivity index (χ1v) is 8.14. The molecule has 0 radical (unpaired) electrons. The Morgan fingerprint density at radius 2 is 2.09 bits per heavy atom. The van der Waals surface area contributed by atoms with Gasteiger partial charge in [0.1, 0.15) is 11.1 Å². The number of nitriles is 1. The maximum Gasteiger partial charge on any atom is 0.239 e. The number of amides is 1. The summed E-state index contributed by atoms with van der Waals surface area (Å²) in [5.74, 6) is -0.0802. The van der Waals surface area contributed by atoms with Gasteiger partial charge in [-0.2, -0.15) is 5.26 Å². The van der Waals surface area contributed by atoms with Crippen LogP contribution in [0.5, 0.6) is 0 Å². The maximum atomic E-state index is 12.2. The average Bonchev–Trinajstić information content (AvgIpc) is 2.95. The summed E-state index contributed by atoms with van der Waals surface area (Å²) in [5.41, 5.74) is 1.71. The van der Waals surface area contributed by atoms with E-state index in [1.807, 2.05) is 23.6 Å². The molecular weight excluding hydrogens is 294 g/mol. The summed E-state index contributed by atoms with van der Waals surface area (Å²) >= 11 is 1.37. The van der Waals surface area contributed by atoms with Crippen molar-refractivity contribution in [1.82, 2.24) is 4.90 Å². The van der Waals surface area contributed by atoms with Gasteiger partial charge >= 0.3 is 0 Å². The number of carbonyl (C=O) groups excluding carboxylic acids is 1. The van der Waals surface area contributed by atoms with Crippen LogP contribution < -0.4 is 5.32 Å². The van der Waals surface area contributed by atoms with Crippen LogP contribution in [0, 0.1) is 11.3 Å². The second-order valence-corrected chi connectivity index (χ2v) is 5.94. The van der Waals surface area contributed by atoms with Crippen LogP contribution in [0.15, 0.2) is 41.8 Å². The zero-order valence-electron chi connectivity index (χ0n) is 12.6. The van der Waals surface area contributed by atoms with E-state index in [1.165, 1.54) is 16.9 Å². The molecule has 5 heteroatoms. The fourth-order valence-corrected chi connectivity index (χ4v) is 2.99. The van der Waals surface area contributed by atoms with Gasteiger partial charge in [-0.1, -0.05) is 37.3 Å². The summed E-state index contributed by atoms with van der Waals surface area (Å²) in [5, 5.41) is 14.2. The Bertz CT molecular complexity index is 645. The first-order valence-electron chi connectivity index (χ1n) is 7.26. The van der Waals surface area contributed by atoms with Gasteiger partial charge in [0.2, 0.25) is 5.91 Å². The highest BCUT2D eigenvalue weighted by Crippen LogP contribution is 2.22. The van der Waals surface area contributed by atoms with Gasteiger partial charge in [-0.3, -0.25) is 9.69 Å². The van der Waals surface area contributed by atoms with Gasteiger partial charge in [-0.25, -0.2) is 0 Å². The fourth-order valence-electron chi connectivity index (χ4n) is 2.24. The quantitative estimate of drug-likeness (QED) is 0.851. The van der Waals surface area contributed by atoms with E-state index in [2.05, 4.69) is 35.3 Å². The number of carbonyl (C=O) groups is 1. The van der Waals surface area contributed by atoms with Crippen molar-refractivity contribution in [2.75, 3.05) is 18.4 Å². The molecule has 2 aromatic rings. The Balaban J connectivity index is 1.95. The minimum absolute atomic E-state index is 0.0802. The lowest BCUT2D eigenvalue weighted by atomic mass is 10.2. The first kappa shape index (κ1) is 16.2. The van der Waals surface area contributed by atoms with E-state index in [0.29, 0.717) is 17.1 Å². The van der Waals surface area contributed by atoms with E-state index in [9.17, 15) is 4.79 Å². The van der Waals surface area contributed by atoms with Crippen LogP contribution in [0.25, 0.3) is 0 Å². The van der Waals surface area contributed by atoms with Crippen molar-refractivity contribution in [2.24, 2.45) is 0 Å². The van der Waals surface area contributed by atoms with Crippen molar-refractivity contribution in [3.63, 3.8) is 0 Å². The Labute approximate surface area is 135 Å². The third-order valence-corrected chi connectivity index (χ3v) is 4.02. The number of nitrogens with zero attached hydrogens (tertiary/aromatic N) is 2. The first-order chi connectivity index (χ1) is 10.7. The van der Waals surface area contributed by atoms with Gasteiger partial charge in [0.15, 0.2) is 0 Å². The normalized spacial score (nSPS) is 10.4. The fraction of sp³-hybridized carbons (Fsp3) is 0.294. The van der Waals surface area contributed by atoms with Crippen molar-refractivity contribution in [2.45, 2.75) is 19.9 Å². The minimum Gasteiger partial charge on any atom is -0.315 e. The molecule has 0 saturated heterocycles. The van der Waals surface area contributed by atoms with Crippen LogP contribution in [-0.2, 0) is 11.3 Å². The molecule has 0 aliphatic carbocycles. The van der Waals surface area contributed by atoms with Crippen LogP contribution in [0.3, 0.4) is 0 Å². The minimum atomic E-state index is -0.0802. The number of hydrogen-bond acceptors (Lipinski definition) is 4. The molecule has 1 aromatic heterocycles. The van der Waals surface area contributed by atoms with Crippen molar-refractivity contribution >= 4 is 22.2 Å². The van der Waals surface area contributed by atoms with Crippen molar-refractivity contribution in [1.29, 1.82) is 5.26 Å². The molecule has 0 fully saturated rings. The second kappa shape index (κ2) is 8.32. The van der Waals surface area contributed by atoms with Crippen LogP contribution in [-0.4, -0.2) is 23.9 Å². The molecule has 114 valence electrons. The Morgan fingerprint density at radius 3 is 2.77 bits per heavy atom. The largest absolute Gasteiger partial charge is 0.315 e. The Kier molecular flexibility index (Phi) is 6.13. The van der Waals surface area contributed by atoms with Gasteiger partial charge in [0.05, 0.1) is 12.1 Å². The summed E-state index contributed by atoms with van der Waals surface area (Å²) in [6.07, 6.45) is 0.989. The number of nitrogens with one attached hydrogen (secondary N) is 1. The van der Waals surface area contributed by atoms with E-state index < -0.39 is 0 Å². The smallest absolute Gasteiger partial charge is 0.239 e. The van der Waals surface area contributed by atoms with Crippen LogP contribution in [0.1, 0.15) is 24.5 Å². The third-order valence-electron chi connectivity index (χ3n) is 3.19. The molecule has 0 saturated carbocycles. The Morgan fingerprint density at radius 1 is 1.32 bits per heavy atom. The van der Waals surface area contributed by atoms with Crippen molar-refractivity contribution in [3.05, 3.63) is 52.9 Å². The van der Waals surface area contributed by atoms with Crippen LogP contribution in [0.2, 0.25) is 0 Å². The highest BCUT2D eigenvalue weighted by molar-refractivity contribution is 7.14. The van der Waals surface area contributed by atoms with Gasteiger partial charge in [-0.15, -0.1) is 11.3 Å². The SMILES string of the molecule is CCCN(CC(=O)Nc1sccc1C#N)Cc1ccccc1. The second-order valence-electron chi connectivity index (χ2n) is 5.02. The summed E-state index contributed by atoms with van der Waals surface area (Å²) in [7, 11) is 0. The molecule has 0 atom stereocenters. The standard InChI is InChI=1S/C17H19N3OS/c1-2-9-20(12-14-6-4-3-5-7-14)13-16(21)19-17-15(11-18)8-10-22-17/h3-8,10H,2,9,12-13H2,1H3,(H,19,21). The number of hydrogen-bond donors (Lipinski definition) is 1.